The van der Waals surface area contributed by atoms with E-state index in [1.165, 1.54) is 12.8 Å². The highest BCUT2D eigenvalue weighted by molar-refractivity contribution is 6.15. The van der Waals surface area contributed by atoms with E-state index in [-0.39, 0.29) is 0 Å². The fourth-order valence-corrected chi connectivity index (χ4v) is 3.62. The number of hydrogen-bond donors (Lipinski definition) is 0. The molecule has 5 aliphatic rings. The van der Waals surface area contributed by atoms with Crippen LogP contribution in [-0.4, -0.2) is 22.8 Å². The van der Waals surface area contributed by atoms with Crippen molar-refractivity contribution in [3.05, 3.63) is 95.2 Å². The number of aliphatic imine (C=N–C) groups is 4. The molecule has 0 radical (unpaired) electrons. The number of allylic oxidation sites excluding steroid dienone is 12. The number of nitrogens with zero attached hydrogens (tertiary/aromatic N) is 4. The fraction of sp³-hybridized carbons (Fsp3) is 0.185. The Morgan fingerprint density at radius 2 is 1.19 bits per heavy atom. The molecule has 0 atom stereocenters. The smallest absolute Gasteiger partial charge is 0.0815 e. The Hall–Kier alpha value is -3.84. The van der Waals surface area contributed by atoms with Crippen molar-refractivity contribution in [2.75, 3.05) is 0 Å². The van der Waals surface area contributed by atoms with Crippen molar-refractivity contribution in [3.63, 3.8) is 0 Å². The molecule has 0 spiro atoms. The number of fused-ring (bicyclic) bond motifs is 4. The third-order valence-corrected chi connectivity index (χ3v) is 5.17. The maximum atomic E-state index is 4.81. The normalized spacial score (nSPS) is 20.1. The summed E-state index contributed by atoms with van der Waals surface area (Å²) < 4.78 is 0. The van der Waals surface area contributed by atoms with Gasteiger partial charge in [-0.25, -0.2) is 20.0 Å². The van der Waals surface area contributed by atoms with Gasteiger partial charge in [0.2, 0.25) is 0 Å². The molecule has 31 heavy (non-hydrogen) atoms. The van der Waals surface area contributed by atoms with Crippen molar-refractivity contribution in [3.8, 4) is 11.8 Å². The molecule has 8 bridgehead atoms. The molecular formula is C27H22N4. The second kappa shape index (κ2) is 8.49. The van der Waals surface area contributed by atoms with Crippen LogP contribution in [0.5, 0.6) is 0 Å². The molecule has 0 aromatic carbocycles. The van der Waals surface area contributed by atoms with Crippen LogP contribution in [0.15, 0.2) is 115 Å². The first-order valence-corrected chi connectivity index (χ1v) is 10.7. The van der Waals surface area contributed by atoms with E-state index < -0.39 is 0 Å². The molecule has 0 saturated heterocycles. The molecule has 0 aliphatic carbocycles. The van der Waals surface area contributed by atoms with Crippen molar-refractivity contribution >= 4 is 22.8 Å². The largest absolute Gasteiger partial charge is 0.249 e. The lowest BCUT2D eigenvalue weighted by Crippen LogP contribution is -1.89. The Labute approximate surface area is 182 Å². The third kappa shape index (κ3) is 4.51. The summed E-state index contributed by atoms with van der Waals surface area (Å²) in [4.78, 5) is 18.8. The van der Waals surface area contributed by atoms with Gasteiger partial charge in [0.05, 0.1) is 51.2 Å². The molecular weight excluding hydrogens is 380 g/mol. The standard InChI is InChI=1S/C27H22N4/c1-2-3-4-5-6-7-19-14-26-17-24-11-10-22(29-24)15-20-8-9-21(28-20)16-23-12-13-25(30-23)18-27(19)31-26/h8-18H,2-5H2,1H3. The molecule has 0 aromatic rings. The maximum Gasteiger partial charge on any atom is 0.0815 e. The molecule has 150 valence electrons. The number of hydrogen-bond acceptors (Lipinski definition) is 4. The zero-order chi connectivity index (χ0) is 21.0. The van der Waals surface area contributed by atoms with Crippen molar-refractivity contribution in [1.82, 2.24) is 0 Å². The van der Waals surface area contributed by atoms with Crippen LogP contribution in [0.25, 0.3) is 0 Å². The Balaban J connectivity index is 1.53. The summed E-state index contributed by atoms with van der Waals surface area (Å²) in [5, 5.41) is 0. The summed E-state index contributed by atoms with van der Waals surface area (Å²) in [5.74, 6) is 6.63. The SMILES string of the molecule is CCCCCC#CC1=CC2=NC1=CC1=NC(=CC3=NC(=CC4=NC(=C2)C=C4)C=C3)C=C1. The van der Waals surface area contributed by atoms with Gasteiger partial charge >= 0.3 is 0 Å². The molecule has 5 rings (SSSR count). The average molecular weight is 403 g/mol. The van der Waals surface area contributed by atoms with Crippen molar-refractivity contribution in [2.24, 2.45) is 20.0 Å². The summed E-state index contributed by atoms with van der Waals surface area (Å²) in [7, 11) is 0. The number of unbranched alkanes of at least 4 members (excludes halogenated alkanes) is 3. The molecule has 5 heterocycles. The van der Waals surface area contributed by atoms with E-state index in [0.29, 0.717) is 0 Å². The molecule has 4 nitrogen and oxygen atoms in total. The average Bonchev–Trinajstić information content (AvgIpc) is 3.53. The van der Waals surface area contributed by atoms with Crippen LogP contribution >= 0.6 is 0 Å². The summed E-state index contributed by atoms with van der Waals surface area (Å²) in [6.07, 6.45) is 26.4. The molecule has 0 aromatic heterocycles. The predicted molar refractivity (Wildman–Crippen MR) is 129 cm³/mol. The van der Waals surface area contributed by atoms with Crippen LogP contribution in [0.3, 0.4) is 0 Å². The Bertz CT molecular complexity index is 1270. The molecule has 0 unspecified atom stereocenters. The first-order valence-electron chi connectivity index (χ1n) is 10.7. The summed E-state index contributed by atoms with van der Waals surface area (Å²) >= 11 is 0. The Morgan fingerprint density at radius 3 is 1.81 bits per heavy atom. The monoisotopic (exact) mass is 402 g/mol. The van der Waals surface area contributed by atoms with E-state index in [0.717, 1.165) is 64.0 Å². The maximum absolute atomic E-state index is 4.81. The molecule has 0 saturated carbocycles. The van der Waals surface area contributed by atoms with E-state index in [1.807, 2.05) is 66.8 Å². The van der Waals surface area contributed by atoms with Gasteiger partial charge < -0.3 is 0 Å². The highest BCUT2D eigenvalue weighted by atomic mass is 14.8. The van der Waals surface area contributed by atoms with E-state index >= 15 is 0 Å². The molecule has 5 aliphatic heterocycles. The Kier molecular flexibility index (Phi) is 5.24. The molecule has 0 fully saturated rings. The van der Waals surface area contributed by atoms with Crippen LogP contribution in [-0.2, 0) is 0 Å². The second-order valence-corrected chi connectivity index (χ2v) is 7.70. The first kappa shape index (κ1) is 19.1. The van der Waals surface area contributed by atoms with Crippen molar-refractivity contribution in [2.45, 2.75) is 32.6 Å². The lowest BCUT2D eigenvalue weighted by Gasteiger charge is -1.96. The van der Waals surface area contributed by atoms with Gasteiger partial charge in [-0.05, 0) is 73.3 Å². The minimum absolute atomic E-state index is 0.845. The molecule has 0 amide bonds. The quantitative estimate of drug-likeness (QED) is 0.440. The van der Waals surface area contributed by atoms with Crippen LogP contribution in [0.2, 0.25) is 0 Å². The highest BCUT2D eigenvalue weighted by Gasteiger charge is 2.15. The van der Waals surface area contributed by atoms with E-state index in [2.05, 4.69) is 28.7 Å². The van der Waals surface area contributed by atoms with Crippen LogP contribution in [0.1, 0.15) is 32.6 Å². The first-order chi connectivity index (χ1) is 15.2. The van der Waals surface area contributed by atoms with Crippen LogP contribution < -0.4 is 0 Å². The van der Waals surface area contributed by atoms with Gasteiger partial charge in [0.15, 0.2) is 0 Å². The predicted octanol–water partition coefficient (Wildman–Crippen LogP) is 5.53. The van der Waals surface area contributed by atoms with Crippen LogP contribution in [0.4, 0.5) is 0 Å². The van der Waals surface area contributed by atoms with Gasteiger partial charge in [0, 0.05) is 6.42 Å². The Morgan fingerprint density at radius 1 is 0.613 bits per heavy atom. The van der Waals surface area contributed by atoms with Crippen molar-refractivity contribution in [1.29, 1.82) is 0 Å². The molecule has 4 heteroatoms. The van der Waals surface area contributed by atoms with Gasteiger partial charge in [0.25, 0.3) is 0 Å². The topological polar surface area (TPSA) is 49.4 Å². The lowest BCUT2D eigenvalue weighted by atomic mass is 10.1. The van der Waals surface area contributed by atoms with Crippen molar-refractivity contribution < 1.29 is 0 Å². The molecule has 0 N–H and O–H groups in total. The van der Waals surface area contributed by atoms with Gasteiger partial charge in [-0.1, -0.05) is 31.6 Å². The zero-order valence-electron chi connectivity index (χ0n) is 17.5. The van der Waals surface area contributed by atoms with E-state index in [4.69, 9.17) is 9.98 Å². The summed E-state index contributed by atoms with van der Waals surface area (Å²) in [6.45, 7) is 2.21. The van der Waals surface area contributed by atoms with Crippen LogP contribution in [0, 0.1) is 11.8 Å². The van der Waals surface area contributed by atoms with Gasteiger partial charge in [-0.2, -0.15) is 0 Å². The summed E-state index contributed by atoms with van der Waals surface area (Å²) in [6, 6.07) is 0. The van der Waals surface area contributed by atoms with Gasteiger partial charge in [0.1, 0.15) is 0 Å². The van der Waals surface area contributed by atoms with Gasteiger partial charge in [-0.3, -0.25) is 0 Å². The second-order valence-electron chi connectivity index (χ2n) is 7.70. The number of rotatable bonds is 3. The highest BCUT2D eigenvalue weighted by Crippen LogP contribution is 2.24. The van der Waals surface area contributed by atoms with Gasteiger partial charge in [-0.15, -0.1) is 0 Å². The zero-order valence-corrected chi connectivity index (χ0v) is 17.5. The minimum atomic E-state index is 0.845. The minimum Gasteiger partial charge on any atom is -0.249 e. The lowest BCUT2D eigenvalue weighted by molar-refractivity contribution is 0.737. The van der Waals surface area contributed by atoms with E-state index in [1.54, 1.807) is 0 Å². The fourth-order valence-electron chi connectivity index (χ4n) is 3.62. The summed E-state index contributed by atoms with van der Waals surface area (Å²) in [5.41, 5.74) is 7.89. The van der Waals surface area contributed by atoms with E-state index in [9.17, 15) is 0 Å². The third-order valence-electron chi connectivity index (χ3n) is 5.17.